The molecule has 0 spiro atoms. The predicted molar refractivity (Wildman–Crippen MR) is 104 cm³/mol. The Balaban J connectivity index is 1.55. The van der Waals surface area contributed by atoms with Gasteiger partial charge >= 0.3 is 6.09 Å². The van der Waals surface area contributed by atoms with Gasteiger partial charge in [-0.2, -0.15) is 5.26 Å². The van der Waals surface area contributed by atoms with E-state index in [1.807, 2.05) is 12.1 Å². The topological polar surface area (TPSA) is 136 Å². The quantitative estimate of drug-likeness (QED) is 0.576. The molecule has 0 radical (unpaired) electrons. The molecule has 9 nitrogen and oxygen atoms in total. The number of aromatic nitrogens is 1. The maximum atomic E-state index is 12.3. The van der Waals surface area contributed by atoms with Crippen molar-refractivity contribution in [2.24, 2.45) is 5.92 Å². The number of hydrogen-bond acceptors (Lipinski definition) is 8. The SMILES string of the molecule is N#CC1=C(NC(=O)CCc2cccnc2)SC2CN(C(=O)OCC(O)O)CCC12. The molecule has 0 aromatic carbocycles. The van der Waals surface area contributed by atoms with Gasteiger partial charge in [0.25, 0.3) is 0 Å². The van der Waals surface area contributed by atoms with E-state index in [0.717, 1.165) is 5.56 Å². The lowest BCUT2D eigenvalue weighted by Crippen LogP contribution is -2.45. The number of nitrogens with zero attached hydrogens (tertiary/aromatic N) is 3. The lowest BCUT2D eigenvalue weighted by molar-refractivity contribution is -0.120. The van der Waals surface area contributed by atoms with E-state index in [0.29, 0.717) is 36.5 Å². The Morgan fingerprint density at radius 1 is 1.48 bits per heavy atom. The van der Waals surface area contributed by atoms with Gasteiger partial charge in [-0.05, 0) is 24.5 Å². The smallest absolute Gasteiger partial charge is 0.409 e. The Labute approximate surface area is 172 Å². The molecule has 2 atom stereocenters. The minimum Gasteiger partial charge on any atom is -0.444 e. The highest BCUT2D eigenvalue weighted by atomic mass is 32.2. The molecular weight excluding hydrogens is 396 g/mol. The van der Waals surface area contributed by atoms with Crippen molar-refractivity contribution in [2.75, 3.05) is 19.7 Å². The predicted octanol–water partition coefficient (Wildman–Crippen LogP) is 0.750. The molecule has 0 bridgehead atoms. The summed E-state index contributed by atoms with van der Waals surface area (Å²) in [5.74, 6) is -0.206. The zero-order chi connectivity index (χ0) is 20.8. The third-order valence-corrected chi connectivity index (χ3v) is 6.13. The second kappa shape index (κ2) is 9.73. The van der Waals surface area contributed by atoms with E-state index < -0.39 is 19.0 Å². The van der Waals surface area contributed by atoms with Crippen LogP contribution in [0.5, 0.6) is 0 Å². The maximum Gasteiger partial charge on any atom is 0.409 e. The summed E-state index contributed by atoms with van der Waals surface area (Å²) in [7, 11) is 0. The van der Waals surface area contributed by atoms with Crippen molar-refractivity contribution in [3.05, 3.63) is 40.7 Å². The normalized spacial score (nSPS) is 21.0. The van der Waals surface area contributed by atoms with Gasteiger partial charge < -0.3 is 25.2 Å². The molecule has 0 aliphatic carbocycles. The highest BCUT2D eigenvalue weighted by Crippen LogP contribution is 2.44. The largest absolute Gasteiger partial charge is 0.444 e. The van der Waals surface area contributed by atoms with Crippen molar-refractivity contribution in [1.29, 1.82) is 5.26 Å². The molecule has 1 aromatic heterocycles. The Bertz CT molecular complexity index is 824. The molecule has 2 unspecified atom stereocenters. The van der Waals surface area contributed by atoms with E-state index in [9.17, 15) is 14.9 Å². The van der Waals surface area contributed by atoms with E-state index in [4.69, 9.17) is 14.9 Å². The van der Waals surface area contributed by atoms with Gasteiger partial charge in [-0.15, -0.1) is 11.8 Å². The summed E-state index contributed by atoms with van der Waals surface area (Å²) in [6.07, 6.45) is 2.48. The van der Waals surface area contributed by atoms with E-state index >= 15 is 0 Å². The minimum atomic E-state index is -1.71. The summed E-state index contributed by atoms with van der Waals surface area (Å²) < 4.78 is 4.83. The Morgan fingerprint density at radius 3 is 3.00 bits per heavy atom. The fourth-order valence-corrected chi connectivity index (χ4v) is 4.87. The van der Waals surface area contributed by atoms with Gasteiger partial charge in [-0.25, -0.2) is 4.79 Å². The number of carbonyl (C=O) groups excluding carboxylic acids is 2. The number of piperidine rings is 1. The number of hydrogen-bond donors (Lipinski definition) is 3. The van der Waals surface area contributed by atoms with Crippen LogP contribution >= 0.6 is 11.8 Å². The van der Waals surface area contributed by atoms with Crippen LogP contribution in [0, 0.1) is 17.2 Å². The summed E-state index contributed by atoms with van der Waals surface area (Å²) in [5.41, 5.74) is 1.51. The van der Waals surface area contributed by atoms with Crippen molar-refractivity contribution >= 4 is 23.8 Å². The molecule has 1 fully saturated rings. The Hall–Kier alpha value is -2.61. The number of nitriles is 1. The number of nitrogens with one attached hydrogen (secondary N) is 1. The van der Waals surface area contributed by atoms with Crippen molar-refractivity contribution in [3.63, 3.8) is 0 Å². The lowest BCUT2D eigenvalue weighted by atomic mass is 9.90. The van der Waals surface area contributed by atoms with E-state index in [1.54, 1.807) is 12.4 Å². The van der Waals surface area contributed by atoms with E-state index in [1.165, 1.54) is 16.7 Å². The Kier molecular flexibility index (Phi) is 7.09. The molecule has 1 aromatic rings. The number of ether oxygens (including phenoxy) is 1. The van der Waals surface area contributed by atoms with Gasteiger partial charge in [-0.3, -0.25) is 9.78 Å². The highest BCUT2D eigenvalue weighted by molar-refractivity contribution is 8.04. The van der Waals surface area contributed by atoms with Crippen LogP contribution in [0.4, 0.5) is 4.79 Å². The maximum absolute atomic E-state index is 12.3. The fourth-order valence-electron chi connectivity index (χ4n) is 3.38. The molecule has 3 heterocycles. The first-order valence-corrected chi connectivity index (χ1v) is 10.1. The van der Waals surface area contributed by atoms with Crippen molar-refractivity contribution in [3.8, 4) is 6.07 Å². The van der Waals surface area contributed by atoms with Gasteiger partial charge in [0.05, 0.1) is 16.7 Å². The molecule has 3 N–H and O–H groups in total. The molecule has 1 saturated heterocycles. The molecule has 2 aliphatic rings. The van der Waals surface area contributed by atoms with Crippen molar-refractivity contribution in [1.82, 2.24) is 15.2 Å². The zero-order valence-corrected chi connectivity index (χ0v) is 16.5. The number of aryl methyl sites for hydroxylation is 1. The zero-order valence-electron chi connectivity index (χ0n) is 15.7. The van der Waals surface area contributed by atoms with Crippen LogP contribution in [0.3, 0.4) is 0 Å². The summed E-state index contributed by atoms with van der Waals surface area (Å²) in [4.78, 5) is 29.9. The average molecular weight is 418 g/mol. The summed E-state index contributed by atoms with van der Waals surface area (Å²) in [5, 5.41) is 30.6. The van der Waals surface area contributed by atoms with Crippen LogP contribution in [-0.2, 0) is 16.0 Å². The number of rotatable bonds is 6. The molecule has 2 aliphatic heterocycles. The molecular formula is C19H22N4O5S. The van der Waals surface area contributed by atoms with Gasteiger partial charge in [0.1, 0.15) is 6.61 Å². The summed E-state index contributed by atoms with van der Waals surface area (Å²) in [6, 6.07) is 5.93. The van der Waals surface area contributed by atoms with Crippen LogP contribution in [-0.4, -0.2) is 63.3 Å². The third kappa shape index (κ3) is 5.47. The second-order valence-corrected chi connectivity index (χ2v) is 8.07. The van der Waals surface area contributed by atoms with Crippen LogP contribution < -0.4 is 5.32 Å². The summed E-state index contributed by atoms with van der Waals surface area (Å²) in [6.45, 7) is 0.266. The standard InChI is InChI=1S/C19H22N4O5S/c20-8-14-13-5-7-23(19(27)28-11-17(25)26)10-15(13)29-18(14)22-16(24)4-3-12-2-1-6-21-9-12/h1-2,6,9,13,15,17,25-26H,3-5,7,10-11H2,(H,22,24). The van der Waals surface area contributed by atoms with Crippen molar-refractivity contribution in [2.45, 2.75) is 30.8 Å². The summed E-state index contributed by atoms with van der Waals surface area (Å²) >= 11 is 1.39. The van der Waals surface area contributed by atoms with Crippen LogP contribution in [0.15, 0.2) is 35.1 Å². The van der Waals surface area contributed by atoms with Crippen LogP contribution in [0.2, 0.25) is 0 Å². The number of pyridine rings is 1. The fraction of sp³-hybridized carbons (Fsp3) is 0.474. The first-order valence-electron chi connectivity index (χ1n) is 9.25. The second-order valence-electron chi connectivity index (χ2n) is 6.82. The number of aliphatic hydroxyl groups excluding tert-OH is 1. The molecule has 2 amide bonds. The lowest BCUT2D eigenvalue weighted by Gasteiger charge is -2.33. The first-order chi connectivity index (χ1) is 14.0. The number of fused-ring (bicyclic) bond motifs is 1. The monoisotopic (exact) mass is 418 g/mol. The Morgan fingerprint density at radius 2 is 2.31 bits per heavy atom. The first kappa shape index (κ1) is 21.1. The molecule has 3 rings (SSSR count). The number of carbonyl (C=O) groups is 2. The molecule has 29 heavy (non-hydrogen) atoms. The van der Waals surface area contributed by atoms with Gasteiger partial charge in [0.2, 0.25) is 5.91 Å². The number of amides is 2. The van der Waals surface area contributed by atoms with Gasteiger partial charge in [0, 0.05) is 43.1 Å². The van der Waals surface area contributed by atoms with Crippen LogP contribution in [0.25, 0.3) is 0 Å². The van der Waals surface area contributed by atoms with Crippen LogP contribution in [0.1, 0.15) is 18.4 Å². The minimum absolute atomic E-state index is 0.0360. The molecule has 0 saturated carbocycles. The number of aliphatic hydroxyl groups is 2. The van der Waals surface area contributed by atoms with Gasteiger partial charge in [-0.1, -0.05) is 6.07 Å². The number of allylic oxidation sites excluding steroid dienone is 1. The van der Waals surface area contributed by atoms with E-state index in [2.05, 4.69) is 16.4 Å². The van der Waals surface area contributed by atoms with E-state index in [-0.39, 0.29) is 23.5 Å². The number of thioether (sulfide) groups is 1. The van der Waals surface area contributed by atoms with Gasteiger partial charge in [0.15, 0.2) is 6.29 Å². The number of likely N-dealkylation sites (tertiary alicyclic amines) is 1. The molecule has 154 valence electrons. The third-order valence-electron chi connectivity index (χ3n) is 4.79. The average Bonchev–Trinajstić information content (AvgIpc) is 3.07. The van der Waals surface area contributed by atoms with Crippen molar-refractivity contribution < 1.29 is 24.5 Å². The molecule has 10 heteroatoms. The highest BCUT2D eigenvalue weighted by Gasteiger charge is 2.41.